The van der Waals surface area contributed by atoms with Gasteiger partial charge in [0, 0.05) is 32.3 Å². The Bertz CT molecular complexity index is 1450. The van der Waals surface area contributed by atoms with Gasteiger partial charge in [0.15, 0.2) is 15.1 Å². The van der Waals surface area contributed by atoms with Crippen molar-refractivity contribution < 1.29 is 27.9 Å². The average Bonchev–Trinajstić information content (AvgIpc) is 3.61. The van der Waals surface area contributed by atoms with Crippen LogP contribution in [0.5, 0.6) is 0 Å². The standard InChI is InChI=1S/C26H30N4O6S2/c1-16(32)30(2)20-9-4-17(5-10-20)18-6-11-21-22(14-18)37-26(29-21)24(38(35,36)13-3-12-31)25(34)27-15-23(33)28-19-7-8-19/h4-6,9-11,14,19,24,31H,3,7-8,12-13,15H2,1-2H3,(H,27,34)(H,28,33). The van der Waals surface area contributed by atoms with Gasteiger partial charge in [-0.3, -0.25) is 14.4 Å². The van der Waals surface area contributed by atoms with Crippen molar-refractivity contribution in [3.63, 3.8) is 0 Å². The summed E-state index contributed by atoms with van der Waals surface area (Å²) in [5.74, 6) is -1.66. The van der Waals surface area contributed by atoms with Gasteiger partial charge in [-0.2, -0.15) is 0 Å². The maximum Gasteiger partial charge on any atom is 0.245 e. The van der Waals surface area contributed by atoms with Crippen LogP contribution in [0.1, 0.15) is 36.4 Å². The number of carbonyl (C=O) groups excluding carboxylic acids is 3. The molecule has 1 unspecified atom stereocenters. The number of sulfone groups is 1. The quantitative estimate of drug-likeness (QED) is 0.327. The highest BCUT2D eigenvalue weighted by atomic mass is 32.2. The average molecular weight is 559 g/mol. The van der Waals surface area contributed by atoms with Crippen LogP contribution in [0.25, 0.3) is 21.3 Å². The van der Waals surface area contributed by atoms with Crippen LogP contribution >= 0.6 is 11.3 Å². The van der Waals surface area contributed by atoms with Crippen molar-refractivity contribution in [1.82, 2.24) is 15.6 Å². The summed E-state index contributed by atoms with van der Waals surface area (Å²) < 4.78 is 27.0. The normalized spacial score (nSPS) is 14.2. The molecule has 202 valence electrons. The zero-order valence-electron chi connectivity index (χ0n) is 21.1. The molecule has 0 aliphatic heterocycles. The first-order valence-electron chi connectivity index (χ1n) is 12.2. The van der Waals surface area contributed by atoms with Crippen LogP contribution in [-0.4, -0.2) is 68.2 Å². The van der Waals surface area contributed by atoms with Gasteiger partial charge in [-0.1, -0.05) is 18.2 Å². The summed E-state index contributed by atoms with van der Waals surface area (Å²) in [6.07, 6.45) is 1.77. The Morgan fingerprint density at radius 3 is 2.45 bits per heavy atom. The number of anilines is 1. The number of thiazole rings is 1. The van der Waals surface area contributed by atoms with E-state index in [4.69, 9.17) is 5.11 Å². The van der Waals surface area contributed by atoms with Gasteiger partial charge in [0.1, 0.15) is 5.01 Å². The zero-order chi connectivity index (χ0) is 27.4. The highest BCUT2D eigenvalue weighted by molar-refractivity contribution is 7.92. The number of carbonyl (C=O) groups is 3. The number of rotatable bonds is 11. The highest BCUT2D eigenvalue weighted by Gasteiger charge is 2.37. The Kier molecular flexibility index (Phi) is 8.44. The van der Waals surface area contributed by atoms with E-state index in [0.717, 1.165) is 41.0 Å². The van der Waals surface area contributed by atoms with Crippen LogP contribution in [0.15, 0.2) is 42.5 Å². The van der Waals surface area contributed by atoms with Gasteiger partial charge in [-0.25, -0.2) is 13.4 Å². The summed E-state index contributed by atoms with van der Waals surface area (Å²) in [7, 11) is -2.32. The molecule has 1 saturated carbocycles. The van der Waals surface area contributed by atoms with E-state index in [1.807, 2.05) is 36.4 Å². The highest BCUT2D eigenvalue weighted by Crippen LogP contribution is 2.34. The fourth-order valence-corrected chi connectivity index (χ4v) is 6.98. The summed E-state index contributed by atoms with van der Waals surface area (Å²) in [5, 5.41) is 12.9. The van der Waals surface area contributed by atoms with Crippen LogP contribution in [0.4, 0.5) is 5.69 Å². The van der Waals surface area contributed by atoms with Crippen molar-refractivity contribution in [1.29, 1.82) is 0 Å². The summed E-state index contributed by atoms with van der Waals surface area (Å²) in [6, 6.07) is 13.1. The first kappa shape index (κ1) is 27.7. The van der Waals surface area contributed by atoms with E-state index in [1.54, 1.807) is 18.0 Å². The fourth-order valence-electron chi connectivity index (χ4n) is 3.87. The summed E-state index contributed by atoms with van der Waals surface area (Å²) >= 11 is 1.10. The molecule has 1 aromatic heterocycles. The molecule has 0 spiro atoms. The van der Waals surface area contributed by atoms with Gasteiger partial charge in [0.2, 0.25) is 17.7 Å². The van der Waals surface area contributed by atoms with E-state index in [9.17, 15) is 22.8 Å². The van der Waals surface area contributed by atoms with Gasteiger partial charge in [-0.05, 0) is 54.7 Å². The molecule has 1 fully saturated rings. The first-order valence-corrected chi connectivity index (χ1v) is 14.8. The van der Waals surface area contributed by atoms with Crippen molar-refractivity contribution in [3.8, 4) is 11.1 Å². The Balaban J connectivity index is 1.60. The van der Waals surface area contributed by atoms with Crippen molar-refractivity contribution in [2.24, 2.45) is 0 Å². The van der Waals surface area contributed by atoms with E-state index in [2.05, 4.69) is 15.6 Å². The predicted molar refractivity (Wildman–Crippen MR) is 147 cm³/mol. The number of benzene rings is 2. The second-order valence-corrected chi connectivity index (χ2v) is 12.5. The van der Waals surface area contributed by atoms with Crippen LogP contribution in [0.3, 0.4) is 0 Å². The van der Waals surface area contributed by atoms with Crippen molar-refractivity contribution in [2.75, 3.05) is 30.9 Å². The molecule has 3 amide bonds. The fraction of sp³-hybridized carbons (Fsp3) is 0.385. The lowest BCUT2D eigenvalue weighted by atomic mass is 10.1. The number of hydrogen-bond donors (Lipinski definition) is 3. The second kappa shape index (κ2) is 11.6. The molecule has 0 saturated heterocycles. The molecule has 3 aromatic rings. The zero-order valence-corrected chi connectivity index (χ0v) is 22.8. The molecule has 0 radical (unpaired) electrons. The van der Waals surface area contributed by atoms with Crippen LogP contribution in [-0.2, 0) is 24.2 Å². The van der Waals surface area contributed by atoms with Crippen molar-refractivity contribution >= 4 is 54.8 Å². The maximum atomic E-state index is 13.1. The smallest absolute Gasteiger partial charge is 0.245 e. The van der Waals surface area contributed by atoms with Gasteiger partial charge >= 0.3 is 0 Å². The van der Waals surface area contributed by atoms with E-state index in [1.165, 1.54) is 6.92 Å². The molecule has 4 rings (SSSR count). The number of hydrogen-bond acceptors (Lipinski definition) is 8. The largest absolute Gasteiger partial charge is 0.396 e. The molecular formula is C26H30N4O6S2. The lowest BCUT2D eigenvalue weighted by Crippen LogP contribution is -2.41. The Morgan fingerprint density at radius 2 is 1.82 bits per heavy atom. The molecular weight excluding hydrogens is 528 g/mol. The minimum Gasteiger partial charge on any atom is -0.396 e. The van der Waals surface area contributed by atoms with Gasteiger partial charge in [0.25, 0.3) is 0 Å². The molecule has 1 aliphatic carbocycles. The van der Waals surface area contributed by atoms with Crippen molar-refractivity contribution in [3.05, 3.63) is 47.5 Å². The predicted octanol–water partition coefficient (Wildman–Crippen LogP) is 2.18. The minimum atomic E-state index is -4.01. The Hall–Kier alpha value is -3.35. The van der Waals surface area contributed by atoms with Gasteiger partial charge < -0.3 is 20.6 Å². The molecule has 38 heavy (non-hydrogen) atoms. The second-order valence-electron chi connectivity index (χ2n) is 9.24. The minimum absolute atomic E-state index is 0.0157. The molecule has 12 heteroatoms. The van der Waals surface area contributed by atoms with Gasteiger partial charge in [0.05, 0.1) is 22.5 Å². The lowest BCUT2D eigenvalue weighted by Gasteiger charge is -2.15. The third-order valence-electron chi connectivity index (χ3n) is 6.24. The maximum absolute atomic E-state index is 13.1. The van der Waals surface area contributed by atoms with E-state index in [0.29, 0.717) is 10.2 Å². The van der Waals surface area contributed by atoms with E-state index in [-0.39, 0.29) is 42.4 Å². The van der Waals surface area contributed by atoms with Crippen LogP contribution in [0, 0.1) is 0 Å². The number of nitrogens with one attached hydrogen (secondary N) is 2. The summed E-state index contributed by atoms with van der Waals surface area (Å²) in [6.45, 7) is 0.830. The molecule has 1 aliphatic rings. The Labute approximate surface area is 225 Å². The molecule has 3 N–H and O–H groups in total. The lowest BCUT2D eigenvalue weighted by molar-refractivity contribution is -0.126. The third-order valence-corrected chi connectivity index (χ3v) is 9.48. The third kappa shape index (κ3) is 6.55. The summed E-state index contributed by atoms with van der Waals surface area (Å²) in [4.78, 5) is 42.7. The monoisotopic (exact) mass is 558 g/mol. The Morgan fingerprint density at radius 1 is 1.13 bits per heavy atom. The molecule has 1 atom stereocenters. The number of amides is 3. The summed E-state index contributed by atoms with van der Waals surface area (Å²) in [5.41, 5.74) is 3.07. The molecule has 2 aromatic carbocycles. The van der Waals surface area contributed by atoms with Crippen LogP contribution in [0.2, 0.25) is 0 Å². The van der Waals surface area contributed by atoms with E-state index >= 15 is 0 Å². The molecule has 1 heterocycles. The molecule has 0 bridgehead atoms. The molecule has 10 nitrogen and oxygen atoms in total. The van der Waals surface area contributed by atoms with Gasteiger partial charge in [-0.15, -0.1) is 11.3 Å². The van der Waals surface area contributed by atoms with Crippen LogP contribution < -0.4 is 15.5 Å². The first-order chi connectivity index (χ1) is 18.1. The number of aliphatic hydroxyl groups is 1. The number of nitrogens with zero attached hydrogens (tertiary/aromatic N) is 2. The number of aromatic nitrogens is 1. The van der Waals surface area contributed by atoms with Crippen molar-refractivity contribution in [2.45, 2.75) is 37.5 Å². The SMILES string of the molecule is CC(=O)N(C)c1ccc(-c2ccc3nc(C(C(=O)NCC(=O)NC4CC4)S(=O)(=O)CCCO)sc3c2)cc1. The number of fused-ring (bicyclic) bond motifs is 1. The topological polar surface area (TPSA) is 146 Å². The van der Waals surface area contributed by atoms with E-state index < -0.39 is 26.7 Å². The number of aliphatic hydroxyl groups excluding tert-OH is 1.